The molecule has 1 aliphatic rings. The van der Waals surface area contributed by atoms with Gasteiger partial charge < -0.3 is 5.11 Å². The molecule has 2 unspecified atom stereocenters. The van der Waals surface area contributed by atoms with Crippen molar-refractivity contribution in [1.82, 2.24) is 4.31 Å². The van der Waals surface area contributed by atoms with Crippen LogP contribution in [0.3, 0.4) is 0 Å². The van der Waals surface area contributed by atoms with Gasteiger partial charge in [-0.25, -0.2) is 8.42 Å². The Morgan fingerprint density at radius 2 is 2.08 bits per heavy atom. The molecule has 1 fully saturated rings. The lowest BCUT2D eigenvalue weighted by Crippen LogP contribution is -2.42. The summed E-state index contributed by atoms with van der Waals surface area (Å²) >= 11 is 0. The lowest BCUT2D eigenvalue weighted by Gasteiger charge is -2.20. The van der Waals surface area contributed by atoms with Gasteiger partial charge in [-0.05, 0) is 12.3 Å². The lowest BCUT2D eigenvalue weighted by molar-refractivity contribution is -0.141. The highest BCUT2D eigenvalue weighted by molar-refractivity contribution is 7.88. The van der Waals surface area contributed by atoms with Gasteiger partial charge in [-0.2, -0.15) is 4.31 Å². The van der Waals surface area contributed by atoms with Crippen LogP contribution in [0.5, 0.6) is 0 Å². The highest BCUT2D eigenvalue weighted by Crippen LogP contribution is 2.26. The topological polar surface area (TPSA) is 74.7 Å². The molecule has 1 N–H and O–H groups in total. The molecule has 1 aliphatic heterocycles. The Hall–Kier alpha value is -0.620. The summed E-state index contributed by atoms with van der Waals surface area (Å²) in [6.45, 7) is 2.07. The van der Waals surface area contributed by atoms with E-state index in [4.69, 9.17) is 5.11 Å². The highest BCUT2D eigenvalue weighted by atomic mass is 32.2. The van der Waals surface area contributed by atoms with Crippen LogP contribution in [0.25, 0.3) is 0 Å². The third-order valence-electron chi connectivity index (χ3n) is 2.33. The third kappa shape index (κ3) is 2.00. The first-order chi connectivity index (χ1) is 5.84. The fourth-order valence-electron chi connectivity index (χ4n) is 1.65. The van der Waals surface area contributed by atoms with Gasteiger partial charge in [0.05, 0.1) is 6.26 Å². The Morgan fingerprint density at radius 1 is 1.54 bits per heavy atom. The molecular weight excluding hydrogens is 194 g/mol. The van der Waals surface area contributed by atoms with Gasteiger partial charge in [-0.3, -0.25) is 4.79 Å². The van der Waals surface area contributed by atoms with E-state index in [0.717, 1.165) is 10.6 Å². The first kappa shape index (κ1) is 10.5. The average molecular weight is 207 g/mol. The van der Waals surface area contributed by atoms with Crippen molar-refractivity contribution >= 4 is 16.0 Å². The number of hydrogen-bond donors (Lipinski definition) is 1. The molecule has 0 bridgehead atoms. The number of carboxylic acid groups (broad SMARTS) is 1. The maximum Gasteiger partial charge on any atom is 0.322 e. The van der Waals surface area contributed by atoms with Gasteiger partial charge in [0.1, 0.15) is 6.04 Å². The van der Waals surface area contributed by atoms with E-state index < -0.39 is 22.0 Å². The normalized spacial score (nSPS) is 30.6. The zero-order valence-electron chi connectivity index (χ0n) is 7.60. The van der Waals surface area contributed by atoms with Gasteiger partial charge in [-0.1, -0.05) is 6.92 Å². The number of hydrogen-bond acceptors (Lipinski definition) is 3. The van der Waals surface area contributed by atoms with Crippen LogP contribution in [0.4, 0.5) is 0 Å². The number of nitrogens with zero attached hydrogens (tertiary/aromatic N) is 1. The maximum atomic E-state index is 11.2. The summed E-state index contributed by atoms with van der Waals surface area (Å²) in [5, 5.41) is 8.81. The zero-order valence-corrected chi connectivity index (χ0v) is 8.41. The van der Waals surface area contributed by atoms with E-state index in [2.05, 4.69) is 0 Å². The molecule has 6 heteroatoms. The number of sulfonamides is 1. The van der Waals surface area contributed by atoms with Crippen LogP contribution in [0.1, 0.15) is 13.3 Å². The Morgan fingerprint density at radius 3 is 2.38 bits per heavy atom. The first-order valence-corrected chi connectivity index (χ1v) is 5.88. The molecule has 1 saturated heterocycles. The largest absolute Gasteiger partial charge is 0.480 e. The van der Waals surface area contributed by atoms with Crippen molar-refractivity contribution in [1.29, 1.82) is 0 Å². The fraction of sp³-hybridized carbons (Fsp3) is 0.857. The summed E-state index contributed by atoms with van der Waals surface area (Å²) in [4.78, 5) is 10.8. The Bertz CT molecular complexity index is 310. The van der Waals surface area contributed by atoms with E-state index in [0.29, 0.717) is 13.0 Å². The lowest BCUT2D eigenvalue weighted by atomic mass is 10.0. The monoisotopic (exact) mass is 207 g/mol. The van der Waals surface area contributed by atoms with Gasteiger partial charge in [0.2, 0.25) is 10.0 Å². The summed E-state index contributed by atoms with van der Waals surface area (Å²) in [5.41, 5.74) is 0. The quantitative estimate of drug-likeness (QED) is 0.677. The first-order valence-electron chi connectivity index (χ1n) is 4.03. The zero-order chi connectivity index (χ0) is 10.2. The van der Waals surface area contributed by atoms with Crippen LogP contribution in [0, 0.1) is 5.92 Å². The molecule has 0 saturated carbocycles. The van der Waals surface area contributed by atoms with E-state index in [-0.39, 0.29) is 5.92 Å². The number of carboxylic acids is 1. The van der Waals surface area contributed by atoms with Crippen LogP contribution < -0.4 is 0 Å². The predicted molar refractivity (Wildman–Crippen MR) is 46.8 cm³/mol. The summed E-state index contributed by atoms with van der Waals surface area (Å²) < 4.78 is 23.4. The summed E-state index contributed by atoms with van der Waals surface area (Å²) in [6.07, 6.45) is 1.66. The molecule has 0 aromatic rings. The minimum atomic E-state index is -3.38. The van der Waals surface area contributed by atoms with Gasteiger partial charge in [-0.15, -0.1) is 0 Å². The van der Waals surface area contributed by atoms with Crippen molar-refractivity contribution in [3.8, 4) is 0 Å². The molecule has 0 amide bonds. The van der Waals surface area contributed by atoms with Crippen molar-refractivity contribution in [3.05, 3.63) is 0 Å². The minimum absolute atomic E-state index is 0.104. The van der Waals surface area contributed by atoms with Gasteiger partial charge in [0, 0.05) is 6.54 Å². The predicted octanol–water partition coefficient (Wildman–Crippen LogP) is -0.259. The van der Waals surface area contributed by atoms with Crippen molar-refractivity contribution in [3.63, 3.8) is 0 Å². The highest BCUT2D eigenvalue weighted by Gasteiger charge is 2.41. The van der Waals surface area contributed by atoms with Gasteiger partial charge in [0.25, 0.3) is 0 Å². The molecule has 0 aliphatic carbocycles. The molecule has 13 heavy (non-hydrogen) atoms. The van der Waals surface area contributed by atoms with Crippen molar-refractivity contribution < 1.29 is 18.3 Å². The van der Waals surface area contributed by atoms with Crippen LogP contribution in [-0.2, 0) is 14.8 Å². The third-order valence-corrected chi connectivity index (χ3v) is 3.59. The number of carbonyl (C=O) groups is 1. The van der Waals surface area contributed by atoms with E-state index in [9.17, 15) is 13.2 Å². The summed E-state index contributed by atoms with van der Waals surface area (Å²) in [6, 6.07) is -0.880. The van der Waals surface area contributed by atoms with Gasteiger partial charge in [0.15, 0.2) is 0 Å². The second-order valence-corrected chi connectivity index (χ2v) is 5.36. The summed E-state index contributed by atoms with van der Waals surface area (Å²) in [7, 11) is -3.38. The SMILES string of the molecule is CC1CCN(S(C)(=O)=O)C1C(=O)O. The van der Waals surface area contributed by atoms with Crippen molar-refractivity contribution in [2.45, 2.75) is 19.4 Å². The number of aliphatic carboxylic acids is 1. The molecule has 0 spiro atoms. The smallest absolute Gasteiger partial charge is 0.322 e. The fourth-order valence-corrected chi connectivity index (χ4v) is 2.80. The van der Waals surface area contributed by atoms with E-state index in [1.54, 1.807) is 6.92 Å². The van der Waals surface area contributed by atoms with Crippen LogP contribution >= 0.6 is 0 Å². The van der Waals surface area contributed by atoms with E-state index in [1.165, 1.54) is 0 Å². The molecule has 1 rings (SSSR count). The Labute approximate surface area is 77.4 Å². The van der Waals surface area contributed by atoms with Crippen molar-refractivity contribution in [2.75, 3.05) is 12.8 Å². The standard InChI is InChI=1S/C7H13NO4S/c1-5-3-4-8(13(2,11)12)6(5)7(9)10/h5-6H,3-4H2,1-2H3,(H,9,10). The van der Waals surface area contributed by atoms with Crippen LogP contribution in [0.15, 0.2) is 0 Å². The van der Waals surface area contributed by atoms with E-state index in [1.807, 2.05) is 0 Å². The minimum Gasteiger partial charge on any atom is -0.480 e. The summed E-state index contributed by atoms with van der Waals surface area (Å²) in [5.74, 6) is -1.16. The molecule has 0 radical (unpaired) electrons. The second-order valence-electron chi connectivity index (χ2n) is 3.42. The number of rotatable bonds is 2. The van der Waals surface area contributed by atoms with Crippen LogP contribution in [0.2, 0.25) is 0 Å². The van der Waals surface area contributed by atoms with Crippen LogP contribution in [-0.4, -0.2) is 42.6 Å². The Balaban J connectivity index is 2.95. The van der Waals surface area contributed by atoms with Gasteiger partial charge >= 0.3 is 5.97 Å². The molecule has 76 valence electrons. The van der Waals surface area contributed by atoms with Crippen molar-refractivity contribution in [2.24, 2.45) is 5.92 Å². The maximum absolute atomic E-state index is 11.2. The molecule has 0 aromatic carbocycles. The Kier molecular flexibility index (Phi) is 2.63. The average Bonchev–Trinajstić information content (AvgIpc) is 2.28. The molecule has 1 heterocycles. The molecule has 0 aromatic heterocycles. The molecule has 5 nitrogen and oxygen atoms in total. The van der Waals surface area contributed by atoms with E-state index >= 15 is 0 Å². The molecule has 2 atom stereocenters. The molecular formula is C7H13NO4S. The second kappa shape index (κ2) is 3.26.